The highest BCUT2D eigenvalue weighted by Gasteiger charge is 2.14. The molecule has 0 radical (unpaired) electrons. The minimum Gasteiger partial charge on any atom is -0.392 e. The maximum absolute atomic E-state index is 8.88. The van der Waals surface area contributed by atoms with Crippen molar-refractivity contribution in [1.29, 1.82) is 0 Å². The topological polar surface area (TPSA) is 46.0 Å². The molecule has 0 unspecified atom stereocenters. The van der Waals surface area contributed by atoms with Crippen LogP contribution >= 0.6 is 11.8 Å². The Bertz CT molecular complexity index is 309. The summed E-state index contributed by atoms with van der Waals surface area (Å²) in [6, 6.07) is 0. The van der Waals surface area contributed by atoms with Crippen molar-refractivity contribution in [1.82, 2.24) is 9.97 Å². The van der Waals surface area contributed by atoms with Gasteiger partial charge in [0.15, 0.2) is 0 Å². The van der Waals surface area contributed by atoms with Crippen LogP contribution in [0.3, 0.4) is 0 Å². The Balaban J connectivity index is 1.79. The Labute approximate surface area is 101 Å². The molecule has 1 aliphatic rings. The number of nitrogens with zero attached hydrogens (tertiary/aromatic N) is 2. The molecular formula is C12H18N2OS. The van der Waals surface area contributed by atoms with Crippen LogP contribution in [0.4, 0.5) is 0 Å². The number of hydrogen-bond acceptors (Lipinski definition) is 4. The molecule has 0 amide bonds. The van der Waals surface area contributed by atoms with E-state index in [-0.39, 0.29) is 6.61 Å². The first-order valence-corrected chi connectivity index (χ1v) is 6.95. The molecule has 0 atom stereocenters. The number of aromatic nitrogens is 2. The monoisotopic (exact) mass is 238 g/mol. The highest BCUT2D eigenvalue weighted by molar-refractivity contribution is 7.99. The van der Waals surface area contributed by atoms with E-state index < -0.39 is 0 Å². The first kappa shape index (κ1) is 11.9. The van der Waals surface area contributed by atoms with Gasteiger partial charge in [-0.25, -0.2) is 9.97 Å². The lowest BCUT2D eigenvalue weighted by molar-refractivity contribution is 0.281. The minimum atomic E-state index is 0.0239. The molecule has 0 saturated heterocycles. The first-order valence-electron chi connectivity index (χ1n) is 5.91. The zero-order valence-corrected chi connectivity index (χ0v) is 10.2. The van der Waals surface area contributed by atoms with E-state index in [1.165, 1.54) is 32.1 Å². The molecule has 0 bridgehead atoms. The van der Waals surface area contributed by atoms with Crippen LogP contribution < -0.4 is 0 Å². The Morgan fingerprint density at radius 2 is 1.88 bits per heavy atom. The van der Waals surface area contributed by atoms with Crippen molar-refractivity contribution in [2.45, 2.75) is 49.7 Å². The average Bonchev–Trinajstić information content (AvgIpc) is 2.38. The van der Waals surface area contributed by atoms with E-state index in [4.69, 9.17) is 5.11 Å². The SMILES string of the molecule is OCc1cnc(CSC2CCCCC2)nc1. The van der Waals surface area contributed by atoms with E-state index in [1.807, 2.05) is 11.8 Å². The van der Waals surface area contributed by atoms with Gasteiger partial charge in [0.05, 0.1) is 12.4 Å². The number of aliphatic hydroxyl groups is 1. The van der Waals surface area contributed by atoms with Gasteiger partial charge in [-0.1, -0.05) is 19.3 Å². The second-order valence-electron chi connectivity index (χ2n) is 4.24. The third kappa shape index (κ3) is 3.46. The van der Waals surface area contributed by atoms with Gasteiger partial charge in [0.25, 0.3) is 0 Å². The lowest BCUT2D eigenvalue weighted by Crippen LogP contribution is -2.08. The van der Waals surface area contributed by atoms with E-state index in [9.17, 15) is 0 Å². The lowest BCUT2D eigenvalue weighted by atomic mass is 10.0. The molecule has 4 heteroatoms. The molecule has 0 aromatic carbocycles. The van der Waals surface area contributed by atoms with E-state index in [2.05, 4.69) is 9.97 Å². The summed E-state index contributed by atoms with van der Waals surface area (Å²) in [5, 5.41) is 9.68. The molecule has 1 saturated carbocycles. The van der Waals surface area contributed by atoms with Crippen LogP contribution in [0.5, 0.6) is 0 Å². The Morgan fingerprint density at radius 1 is 1.19 bits per heavy atom. The van der Waals surface area contributed by atoms with Gasteiger partial charge in [0.2, 0.25) is 0 Å². The van der Waals surface area contributed by atoms with E-state index in [0.29, 0.717) is 0 Å². The summed E-state index contributed by atoms with van der Waals surface area (Å²) in [6.45, 7) is 0.0239. The highest BCUT2D eigenvalue weighted by atomic mass is 32.2. The highest BCUT2D eigenvalue weighted by Crippen LogP contribution is 2.29. The fraction of sp³-hybridized carbons (Fsp3) is 0.667. The van der Waals surface area contributed by atoms with Gasteiger partial charge < -0.3 is 5.11 Å². The van der Waals surface area contributed by atoms with Crippen LogP contribution in [0.15, 0.2) is 12.4 Å². The summed E-state index contributed by atoms with van der Waals surface area (Å²) >= 11 is 1.98. The van der Waals surface area contributed by atoms with Crippen molar-refractivity contribution in [2.75, 3.05) is 0 Å². The fourth-order valence-corrected chi connectivity index (χ4v) is 3.16. The van der Waals surface area contributed by atoms with Gasteiger partial charge in [0.1, 0.15) is 5.82 Å². The van der Waals surface area contributed by atoms with Crippen molar-refractivity contribution in [3.63, 3.8) is 0 Å². The molecular weight excluding hydrogens is 220 g/mol. The zero-order chi connectivity index (χ0) is 11.2. The Morgan fingerprint density at radius 3 is 2.50 bits per heavy atom. The van der Waals surface area contributed by atoms with Crippen molar-refractivity contribution in [3.8, 4) is 0 Å². The van der Waals surface area contributed by atoms with Crippen LogP contribution in [0.25, 0.3) is 0 Å². The summed E-state index contributed by atoms with van der Waals surface area (Å²) < 4.78 is 0. The van der Waals surface area contributed by atoms with Crippen LogP contribution in [0, 0.1) is 0 Å². The van der Waals surface area contributed by atoms with Gasteiger partial charge in [-0.2, -0.15) is 11.8 Å². The van der Waals surface area contributed by atoms with Crippen LogP contribution in [0.1, 0.15) is 43.5 Å². The molecule has 16 heavy (non-hydrogen) atoms. The molecule has 1 aromatic heterocycles. The number of hydrogen-bond donors (Lipinski definition) is 1. The predicted octanol–water partition coefficient (Wildman–Crippen LogP) is 2.53. The number of thioether (sulfide) groups is 1. The van der Waals surface area contributed by atoms with Gasteiger partial charge in [-0.3, -0.25) is 0 Å². The van der Waals surface area contributed by atoms with E-state index >= 15 is 0 Å². The molecule has 0 aliphatic heterocycles. The third-order valence-electron chi connectivity index (χ3n) is 2.94. The number of rotatable bonds is 4. The van der Waals surface area contributed by atoms with Crippen LogP contribution in [0.2, 0.25) is 0 Å². The third-order valence-corrected chi connectivity index (χ3v) is 4.31. The largest absolute Gasteiger partial charge is 0.392 e. The molecule has 1 fully saturated rings. The number of aliphatic hydroxyl groups excluding tert-OH is 1. The smallest absolute Gasteiger partial charge is 0.138 e. The van der Waals surface area contributed by atoms with Crippen molar-refractivity contribution in [3.05, 3.63) is 23.8 Å². The van der Waals surface area contributed by atoms with Crippen molar-refractivity contribution < 1.29 is 5.11 Å². The summed E-state index contributed by atoms with van der Waals surface area (Å²) in [7, 11) is 0. The fourth-order valence-electron chi connectivity index (χ4n) is 1.96. The molecule has 1 aromatic rings. The van der Waals surface area contributed by atoms with Gasteiger partial charge in [-0.05, 0) is 12.8 Å². The molecule has 3 nitrogen and oxygen atoms in total. The molecule has 1 N–H and O–H groups in total. The standard InChI is InChI=1S/C12H18N2OS/c15-8-10-6-13-12(14-7-10)9-16-11-4-2-1-3-5-11/h6-7,11,15H,1-5,8-9H2. The van der Waals surface area contributed by atoms with Crippen LogP contribution in [-0.2, 0) is 12.4 Å². The summed E-state index contributed by atoms with van der Waals surface area (Å²) in [4.78, 5) is 8.48. The Hall–Kier alpha value is -0.610. The molecule has 0 spiro atoms. The maximum Gasteiger partial charge on any atom is 0.138 e. The van der Waals surface area contributed by atoms with E-state index in [0.717, 1.165) is 22.4 Å². The molecule has 1 heterocycles. The van der Waals surface area contributed by atoms with E-state index in [1.54, 1.807) is 12.4 Å². The maximum atomic E-state index is 8.88. The molecule has 88 valence electrons. The lowest BCUT2D eigenvalue weighted by Gasteiger charge is -2.20. The predicted molar refractivity (Wildman–Crippen MR) is 66.1 cm³/mol. The zero-order valence-electron chi connectivity index (χ0n) is 9.43. The molecule has 2 rings (SSSR count). The normalized spacial score (nSPS) is 17.6. The van der Waals surface area contributed by atoms with Crippen molar-refractivity contribution in [2.24, 2.45) is 0 Å². The minimum absolute atomic E-state index is 0.0239. The van der Waals surface area contributed by atoms with Gasteiger partial charge in [-0.15, -0.1) is 0 Å². The average molecular weight is 238 g/mol. The van der Waals surface area contributed by atoms with Gasteiger partial charge >= 0.3 is 0 Å². The second-order valence-corrected chi connectivity index (χ2v) is 5.53. The Kier molecular flexibility index (Phi) is 4.60. The van der Waals surface area contributed by atoms with Crippen molar-refractivity contribution >= 4 is 11.8 Å². The summed E-state index contributed by atoms with van der Waals surface area (Å²) in [6.07, 6.45) is 10.3. The summed E-state index contributed by atoms with van der Waals surface area (Å²) in [5.41, 5.74) is 0.784. The molecule has 1 aliphatic carbocycles. The second kappa shape index (κ2) is 6.21. The summed E-state index contributed by atoms with van der Waals surface area (Å²) in [5.74, 6) is 1.78. The quantitative estimate of drug-likeness (QED) is 0.875. The van der Waals surface area contributed by atoms with Gasteiger partial charge in [0, 0.05) is 23.2 Å². The van der Waals surface area contributed by atoms with Crippen LogP contribution in [-0.4, -0.2) is 20.3 Å². The first-order chi connectivity index (χ1) is 7.88.